The van der Waals surface area contributed by atoms with Crippen molar-refractivity contribution >= 4 is 17.7 Å². The molecule has 3 amide bonds. The molecule has 1 saturated heterocycles. The predicted octanol–water partition coefficient (Wildman–Crippen LogP) is 0.519. The smallest absolute Gasteiger partial charge is 0.309 e. The van der Waals surface area contributed by atoms with Gasteiger partial charge in [0.05, 0.1) is 33.1 Å². The van der Waals surface area contributed by atoms with Crippen molar-refractivity contribution < 1.29 is 28.3 Å². The van der Waals surface area contributed by atoms with Crippen LogP contribution in [0.5, 0.6) is 5.75 Å². The second kappa shape index (κ2) is 9.05. The number of amides is 3. The van der Waals surface area contributed by atoms with Crippen LogP contribution in [0.2, 0.25) is 0 Å². The Labute approximate surface area is 161 Å². The summed E-state index contributed by atoms with van der Waals surface area (Å²) in [4.78, 5) is 38.0. The largest absolute Gasteiger partial charge is 0.497 e. The molecule has 1 aliphatic heterocycles. The van der Waals surface area contributed by atoms with Crippen LogP contribution in [-0.4, -0.2) is 55.7 Å². The number of ether oxygens (including phenoxy) is 2. The van der Waals surface area contributed by atoms with Crippen molar-refractivity contribution in [1.82, 2.24) is 15.5 Å². The van der Waals surface area contributed by atoms with Gasteiger partial charge in [-0.2, -0.15) is 0 Å². The Morgan fingerprint density at radius 3 is 2.57 bits per heavy atom. The van der Waals surface area contributed by atoms with Crippen molar-refractivity contribution in [3.05, 3.63) is 54.0 Å². The number of nitrogens with one attached hydrogen (secondary N) is 2. The zero-order chi connectivity index (χ0) is 19.9. The van der Waals surface area contributed by atoms with Crippen LogP contribution in [0.25, 0.3) is 0 Å². The normalized spacial score (nSPS) is 15.9. The first-order chi connectivity index (χ1) is 13.6. The molecule has 1 atom stereocenters. The summed E-state index contributed by atoms with van der Waals surface area (Å²) in [5, 5.41) is 4.94. The molecule has 0 bridgehead atoms. The van der Waals surface area contributed by atoms with Gasteiger partial charge in [0.1, 0.15) is 17.7 Å². The van der Waals surface area contributed by atoms with Crippen molar-refractivity contribution in [3.63, 3.8) is 0 Å². The third-order valence-electron chi connectivity index (χ3n) is 4.23. The topological polar surface area (TPSA) is 110 Å². The fourth-order valence-corrected chi connectivity index (χ4v) is 2.74. The average molecular weight is 387 g/mol. The van der Waals surface area contributed by atoms with Crippen LogP contribution in [0.3, 0.4) is 0 Å². The molecule has 2 heterocycles. The minimum atomic E-state index is -0.807. The number of rotatable bonds is 6. The maximum absolute atomic E-state index is 12.7. The maximum atomic E-state index is 12.7. The summed E-state index contributed by atoms with van der Waals surface area (Å²) in [7, 11) is 1.55. The van der Waals surface area contributed by atoms with Crippen LogP contribution in [0.4, 0.5) is 0 Å². The molecule has 0 radical (unpaired) electrons. The molecule has 28 heavy (non-hydrogen) atoms. The molecule has 9 nitrogen and oxygen atoms in total. The predicted molar refractivity (Wildman–Crippen MR) is 97.3 cm³/mol. The molecular weight excluding hydrogens is 366 g/mol. The zero-order valence-corrected chi connectivity index (χ0v) is 15.3. The van der Waals surface area contributed by atoms with E-state index in [1.165, 1.54) is 11.2 Å². The number of carbonyl (C=O) groups is 3. The molecule has 148 valence electrons. The average Bonchev–Trinajstić information content (AvgIpc) is 3.41. The highest BCUT2D eigenvalue weighted by Gasteiger charge is 2.31. The van der Waals surface area contributed by atoms with E-state index in [-0.39, 0.29) is 19.0 Å². The van der Waals surface area contributed by atoms with Crippen LogP contribution in [0.15, 0.2) is 47.1 Å². The highest BCUT2D eigenvalue weighted by molar-refractivity contribution is 6.35. The Hall–Kier alpha value is -3.33. The SMILES string of the molecule is COc1ccc(C(=O)N2CCO[C@H]2CNC(=O)C(=O)NCc2ccco2)cc1. The highest BCUT2D eigenvalue weighted by Crippen LogP contribution is 2.17. The standard InChI is InChI=1S/C19H21N3O6/c1-26-14-6-4-13(5-7-14)19(25)22-8-10-28-16(22)12-21-18(24)17(23)20-11-15-3-2-9-27-15/h2-7,9,16H,8,10-12H2,1H3,(H,20,23)(H,21,24)/t16-/m0/s1. The molecule has 0 spiro atoms. The Bertz CT molecular complexity index is 819. The van der Waals surface area contributed by atoms with Crippen LogP contribution in [0.1, 0.15) is 16.1 Å². The number of nitrogens with zero attached hydrogens (tertiary/aromatic N) is 1. The van der Waals surface area contributed by atoms with Crippen LogP contribution in [0, 0.1) is 0 Å². The van der Waals surface area contributed by atoms with E-state index in [1.807, 2.05) is 0 Å². The molecule has 1 fully saturated rings. The maximum Gasteiger partial charge on any atom is 0.309 e. The van der Waals surface area contributed by atoms with Gasteiger partial charge in [0.2, 0.25) is 0 Å². The van der Waals surface area contributed by atoms with Gasteiger partial charge in [0, 0.05) is 12.1 Å². The number of furan rings is 1. The van der Waals surface area contributed by atoms with Gasteiger partial charge in [-0.15, -0.1) is 0 Å². The lowest BCUT2D eigenvalue weighted by Gasteiger charge is -2.23. The Morgan fingerprint density at radius 1 is 1.14 bits per heavy atom. The van der Waals surface area contributed by atoms with Crippen LogP contribution >= 0.6 is 0 Å². The highest BCUT2D eigenvalue weighted by atomic mass is 16.5. The minimum Gasteiger partial charge on any atom is -0.497 e. The van der Waals surface area contributed by atoms with E-state index in [0.717, 1.165) is 0 Å². The first kappa shape index (κ1) is 19.4. The number of carbonyl (C=O) groups excluding carboxylic acids is 3. The summed E-state index contributed by atoms with van der Waals surface area (Å²) in [5.74, 6) is -0.627. The molecule has 2 N–H and O–H groups in total. The lowest BCUT2D eigenvalue weighted by atomic mass is 10.2. The molecule has 0 aliphatic carbocycles. The van der Waals surface area contributed by atoms with Crippen molar-refractivity contribution in [2.75, 3.05) is 26.8 Å². The monoisotopic (exact) mass is 387 g/mol. The Morgan fingerprint density at radius 2 is 1.89 bits per heavy atom. The lowest BCUT2D eigenvalue weighted by Crippen LogP contribution is -2.47. The van der Waals surface area contributed by atoms with E-state index in [0.29, 0.717) is 30.2 Å². The van der Waals surface area contributed by atoms with Crippen molar-refractivity contribution in [1.29, 1.82) is 0 Å². The summed E-state index contributed by atoms with van der Waals surface area (Å²) in [6.07, 6.45) is 0.837. The first-order valence-electron chi connectivity index (χ1n) is 8.73. The van der Waals surface area contributed by atoms with E-state index in [9.17, 15) is 14.4 Å². The molecule has 2 aromatic rings. The van der Waals surface area contributed by atoms with E-state index in [4.69, 9.17) is 13.9 Å². The third kappa shape index (κ3) is 4.68. The van der Waals surface area contributed by atoms with Crippen molar-refractivity contribution in [3.8, 4) is 5.75 Å². The summed E-state index contributed by atoms with van der Waals surface area (Å²) in [6, 6.07) is 10.1. The van der Waals surface area contributed by atoms with E-state index < -0.39 is 18.0 Å². The quantitative estimate of drug-likeness (QED) is 0.700. The fourth-order valence-electron chi connectivity index (χ4n) is 2.74. The first-order valence-corrected chi connectivity index (χ1v) is 8.73. The molecular formula is C19H21N3O6. The number of methoxy groups -OCH3 is 1. The van der Waals surface area contributed by atoms with Gasteiger partial charge >= 0.3 is 11.8 Å². The second-order valence-electron chi connectivity index (χ2n) is 6.02. The van der Waals surface area contributed by atoms with Gasteiger partial charge in [-0.3, -0.25) is 14.4 Å². The van der Waals surface area contributed by atoms with Gasteiger partial charge in [-0.25, -0.2) is 0 Å². The van der Waals surface area contributed by atoms with Crippen LogP contribution in [-0.2, 0) is 20.9 Å². The van der Waals surface area contributed by atoms with E-state index >= 15 is 0 Å². The van der Waals surface area contributed by atoms with Gasteiger partial charge in [0.15, 0.2) is 0 Å². The Kier molecular flexibility index (Phi) is 6.28. The fraction of sp³-hybridized carbons (Fsp3) is 0.316. The zero-order valence-electron chi connectivity index (χ0n) is 15.3. The van der Waals surface area contributed by atoms with Gasteiger partial charge in [-0.05, 0) is 36.4 Å². The molecule has 0 saturated carbocycles. The summed E-state index contributed by atoms with van der Waals surface area (Å²) >= 11 is 0. The van der Waals surface area contributed by atoms with Gasteiger partial charge in [0.25, 0.3) is 5.91 Å². The number of hydrogen-bond donors (Lipinski definition) is 2. The van der Waals surface area contributed by atoms with Gasteiger partial charge < -0.3 is 29.4 Å². The molecule has 3 rings (SSSR count). The molecule has 1 aliphatic rings. The van der Waals surface area contributed by atoms with Crippen molar-refractivity contribution in [2.45, 2.75) is 12.8 Å². The van der Waals surface area contributed by atoms with Crippen molar-refractivity contribution in [2.24, 2.45) is 0 Å². The number of hydrogen-bond acceptors (Lipinski definition) is 6. The molecule has 1 aromatic carbocycles. The summed E-state index contributed by atoms with van der Waals surface area (Å²) in [6.45, 7) is 0.874. The second-order valence-corrected chi connectivity index (χ2v) is 6.02. The third-order valence-corrected chi connectivity index (χ3v) is 4.23. The summed E-state index contributed by atoms with van der Waals surface area (Å²) in [5.41, 5.74) is 0.485. The van der Waals surface area contributed by atoms with Crippen LogP contribution < -0.4 is 15.4 Å². The minimum absolute atomic E-state index is 0.00883. The molecule has 0 unspecified atom stereocenters. The number of benzene rings is 1. The van der Waals surface area contributed by atoms with E-state index in [2.05, 4.69) is 10.6 Å². The van der Waals surface area contributed by atoms with E-state index in [1.54, 1.807) is 43.5 Å². The molecule has 9 heteroatoms. The van der Waals surface area contributed by atoms with Gasteiger partial charge in [-0.1, -0.05) is 0 Å². The Balaban J connectivity index is 1.50. The lowest BCUT2D eigenvalue weighted by molar-refractivity contribution is -0.139. The molecule has 1 aromatic heterocycles. The summed E-state index contributed by atoms with van der Waals surface area (Å²) < 4.78 is 15.7.